The van der Waals surface area contributed by atoms with E-state index in [0.29, 0.717) is 11.5 Å². The van der Waals surface area contributed by atoms with E-state index in [1.807, 2.05) is 12.1 Å². The largest absolute Gasteiger partial charge is 0.311 e. The maximum absolute atomic E-state index is 12.7. The lowest BCUT2D eigenvalue weighted by molar-refractivity contribution is 0.601. The summed E-state index contributed by atoms with van der Waals surface area (Å²) in [7, 11) is -2.05. The zero-order valence-electron chi connectivity index (χ0n) is 14.5. The van der Waals surface area contributed by atoms with E-state index >= 15 is 0 Å². The van der Waals surface area contributed by atoms with Crippen molar-refractivity contribution in [1.82, 2.24) is 24.5 Å². The van der Waals surface area contributed by atoms with Crippen LogP contribution < -0.4 is 4.72 Å². The summed E-state index contributed by atoms with van der Waals surface area (Å²) in [5.74, 6) is 1.66. The minimum Gasteiger partial charge on any atom is -0.311 e. The van der Waals surface area contributed by atoms with Gasteiger partial charge < -0.3 is 4.57 Å². The first-order valence-electron chi connectivity index (χ1n) is 8.57. The molecule has 1 aromatic carbocycles. The molecule has 8 nitrogen and oxygen atoms in total. The van der Waals surface area contributed by atoms with Gasteiger partial charge >= 0.3 is 0 Å². The number of nitrogens with zero attached hydrogens (tertiary/aromatic N) is 5. The summed E-state index contributed by atoms with van der Waals surface area (Å²) < 4.78 is 31.6. The molecule has 0 saturated carbocycles. The molecule has 0 aliphatic carbocycles. The second-order valence-electron chi connectivity index (χ2n) is 6.40. The number of benzene rings is 1. The van der Waals surface area contributed by atoms with Crippen molar-refractivity contribution in [2.24, 2.45) is 7.05 Å². The fourth-order valence-electron chi connectivity index (χ4n) is 3.19. The topological polar surface area (TPSA) is 94.7 Å². The Hall–Kier alpha value is -2.68. The van der Waals surface area contributed by atoms with Crippen LogP contribution in [0, 0.1) is 0 Å². The molecule has 0 fully saturated rings. The van der Waals surface area contributed by atoms with Gasteiger partial charge in [0, 0.05) is 31.8 Å². The predicted molar refractivity (Wildman–Crippen MR) is 97.0 cm³/mol. The lowest BCUT2D eigenvalue weighted by atomic mass is 10.1. The third-order valence-corrected chi connectivity index (χ3v) is 5.83. The molecule has 0 radical (unpaired) electrons. The van der Waals surface area contributed by atoms with Crippen molar-refractivity contribution >= 4 is 15.7 Å². The molecule has 2 aromatic heterocycles. The minimum atomic E-state index is -3.73. The average Bonchev–Trinajstić information content (AvgIpc) is 3.16. The second-order valence-corrected chi connectivity index (χ2v) is 8.09. The molecule has 26 heavy (non-hydrogen) atoms. The summed E-state index contributed by atoms with van der Waals surface area (Å²) in [5, 5.41) is 12.6. The predicted octanol–water partition coefficient (Wildman–Crippen LogP) is 2.21. The monoisotopic (exact) mass is 372 g/mol. The van der Waals surface area contributed by atoms with Gasteiger partial charge in [0.1, 0.15) is 10.7 Å². The molecule has 0 spiro atoms. The zero-order valence-corrected chi connectivity index (χ0v) is 15.3. The molecule has 4 rings (SSSR count). The molecule has 0 saturated heterocycles. The number of hydrogen-bond acceptors (Lipinski definition) is 5. The highest BCUT2D eigenvalue weighted by atomic mass is 32.2. The Morgan fingerprint density at radius 3 is 2.77 bits per heavy atom. The minimum absolute atomic E-state index is 0.120. The number of anilines is 1. The third kappa shape index (κ3) is 3.10. The van der Waals surface area contributed by atoms with Gasteiger partial charge in [0.05, 0.1) is 11.9 Å². The Bertz CT molecular complexity index is 1040. The van der Waals surface area contributed by atoms with Gasteiger partial charge in [0.25, 0.3) is 10.0 Å². The van der Waals surface area contributed by atoms with Crippen LogP contribution in [-0.2, 0) is 30.0 Å². The SMILES string of the molecule is Cn1cc(S(=O)(=O)Nc2ccccc2-c2nnc3n2CCCCC3)cn1. The van der Waals surface area contributed by atoms with E-state index in [1.54, 1.807) is 19.2 Å². The maximum atomic E-state index is 12.7. The van der Waals surface area contributed by atoms with Crippen molar-refractivity contribution < 1.29 is 8.42 Å². The van der Waals surface area contributed by atoms with E-state index in [2.05, 4.69) is 24.6 Å². The molecule has 9 heteroatoms. The Morgan fingerprint density at radius 1 is 1.12 bits per heavy atom. The summed E-state index contributed by atoms with van der Waals surface area (Å²) >= 11 is 0. The van der Waals surface area contributed by atoms with Crippen LogP contribution in [0.2, 0.25) is 0 Å². The molecule has 0 atom stereocenters. The van der Waals surface area contributed by atoms with E-state index in [4.69, 9.17) is 0 Å². The number of para-hydroxylation sites is 1. The van der Waals surface area contributed by atoms with E-state index in [-0.39, 0.29) is 4.90 Å². The average molecular weight is 372 g/mol. The quantitative estimate of drug-likeness (QED) is 0.758. The molecule has 136 valence electrons. The van der Waals surface area contributed by atoms with Crippen molar-refractivity contribution in [2.75, 3.05) is 4.72 Å². The van der Waals surface area contributed by atoms with E-state index < -0.39 is 10.0 Å². The van der Waals surface area contributed by atoms with Crippen LogP contribution in [0.4, 0.5) is 5.69 Å². The Morgan fingerprint density at radius 2 is 1.96 bits per heavy atom. The summed E-state index contributed by atoms with van der Waals surface area (Å²) in [6.07, 6.45) is 7.03. The van der Waals surface area contributed by atoms with Crippen LogP contribution in [-0.4, -0.2) is 33.0 Å². The number of aryl methyl sites for hydroxylation is 2. The standard InChI is InChI=1S/C17H20N6O2S/c1-22-12-13(11-18-22)26(24,25)21-15-8-5-4-7-14(15)17-20-19-16-9-3-2-6-10-23(16)17/h4-5,7-8,11-12,21H,2-3,6,9-10H2,1H3. The number of sulfonamides is 1. The fraction of sp³-hybridized carbons (Fsp3) is 0.353. The molecule has 0 bridgehead atoms. The highest BCUT2D eigenvalue weighted by Crippen LogP contribution is 2.30. The highest BCUT2D eigenvalue weighted by Gasteiger charge is 2.22. The third-order valence-electron chi connectivity index (χ3n) is 4.51. The lowest BCUT2D eigenvalue weighted by Crippen LogP contribution is -2.13. The first kappa shape index (κ1) is 16.8. The highest BCUT2D eigenvalue weighted by molar-refractivity contribution is 7.92. The molecular weight excluding hydrogens is 352 g/mol. The zero-order chi connectivity index (χ0) is 18.1. The fourth-order valence-corrected chi connectivity index (χ4v) is 4.26. The Balaban J connectivity index is 1.73. The first-order chi connectivity index (χ1) is 12.5. The van der Waals surface area contributed by atoms with Crippen molar-refractivity contribution in [3.8, 4) is 11.4 Å². The van der Waals surface area contributed by atoms with Crippen LogP contribution >= 0.6 is 0 Å². The van der Waals surface area contributed by atoms with Crippen LogP contribution in [0.5, 0.6) is 0 Å². The van der Waals surface area contributed by atoms with Crippen molar-refractivity contribution in [2.45, 2.75) is 37.1 Å². The van der Waals surface area contributed by atoms with E-state index in [9.17, 15) is 8.42 Å². The second kappa shape index (κ2) is 6.56. The van der Waals surface area contributed by atoms with Crippen molar-refractivity contribution in [1.29, 1.82) is 0 Å². The van der Waals surface area contributed by atoms with Gasteiger partial charge in [0.15, 0.2) is 5.82 Å². The molecule has 0 unspecified atom stereocenters. The van der Waals surface area contributed by atoms with E-state index in [1.165, 1.54) is 17.1 Å². The molecule has 1 N–H and O–H groups in total. The van der Waals surface area contributed by atoms with Gasteiger partial charge in [-0.3, -0.25) is 9.40 Å². The summed E-state index contributed by atoms with van der Waals surface area (Å²) in [6.45, 7) is 0.849. The molecule has 3 heterocycles. The van der Waals surface area contributed by atoms with Crippen molar-refractivity contribution in [3.63, 3.8) is 0 Å². The van der Waals surface area contributed by atoms with Crippen LogP contribution in [0.3, 0.4) is 0 Å². The maximum Gasteiger partial charge on any atom is 0.265 e. The molecule has 1 aliphatic heterocycles. The molecule has 1 aliphatic rings. The number of hydrogen-bond donors (Lipinski definition) is 1. The van der Waals surface area contributed by atoms with Gasteiger partial charge in [-0.25, -0.2) is 8.42 Å². The van der Waals surface area contributed by atoms with Gasteiger partial charge in [-0.1, -0.05) is 18.6 Å². The van der Waals surface area contributed by atoms with Gasteiger partial charge in [0.2, 0.25) is 0 Å². The lowest BCUT2D eigenvalue weighted by Gasteiger charge is -2.13. The summed E-state index contributed by atoms with van der Waals surface area (Å²) in [5.41, 5.74) is 1.21. The number of nitrogens with one attached hydrogen (secondary N) is 1. The van der Waals surface area contributed by atoms with Gasteiger partial charge in [-0.15, -0.1) is 10.2 Å². The number of fused-ring (bicyclic) bond motifs is 1. The van der Waals surface area contributed by atoms with Gasteiger partial charge in [-0.05, 0) is 25.0 Å². The van der Waals surface area contributed by atoms with Crippen LogP contribution in [0.15, 0.2) is 41.6 Å². The number of rotatable bonds is 4. The van der Waals surface area contributed by atoms with E-state index in [0.717, 1.165) is 43.6 Å². The summed E-state index contributed by atoms with van der Waals surface area (Å²) in [6, 6.07) is 7.27. The van der Waals surface area contributed by atoms with Crippen LogP contribution in [0.1, 0.15) is 25.1 Å². The first-order valence-corrected chi connectivity index (χ1v) is 10.1. The Labute approximate surface area is 151 Å². The molecule has 3 aromatic rings. The normalized spacial score (nSPS) is 14.7. The van der Waals surface area contributed by atoms with Gasteiger partial charge in [-0.2, -0.15) is 5.10 Å². The van der Waals surface area contributed by atoms with Crippen molar-refractivity contribution in [3.05, 3.63) is 42.5 Å². The smallest absolute Gasteiger partial charge is 0.265 e. The van der Waals surface area contributed by atoms with Crippen LogP contribution in [0.25, 0.3) is 11.4 Å². The summed E-state index contributed by atoms with van der Waals surface area (Å²) in [4.78, 5) is 0.120. The molecular formula is C17H20N6O2S. The Kier molecular flexibility index (Phi) is 4.23. The molecule has 0 amide bonds. The number of aromatic nitrogens is 5.